The molecule has 0 aromatic carbocycles. The van der Waals surface area contributed by atoms with Crippen molar-refractivity contribution in [3.63, 3.8) is 0 Å². The summed E-state index contributed by atoms with van der Waals surface area (Å²) in [6.45, 7) is 3.60. The lowest BCUT2D eigenvalue weighted by atomic mass is 10.2. The average molecular weight is 239 g/mol. The van der Waals surface area contributed by atoms with Crippen molar-refractivity contribution in [1.29, 1.82) is 0 Å². The molecule has 1 aromatic heterocycles. The summed E-state index contributed by atoms with van der Waals surface area (Å²) in [4.78, 5) is 6.48. The molecule has 0 saturated carbocycles. The molecule has 0 amide bonds. The largest absolute Gasteiger partial charge is 0.395 e. The lowest BCUT2D eigenvalue weighted by Gasteiger charge is -2.25. The maximum atomic E-state index is 9.03. The van der Waals surface area contributed by atoms with Crippen molar-refractivity contribution in [2.75, 3.05) is 24.6 Å². The molecule has 0 unspecified atom stereocenters. The summed E-state index contributed by atoms with van der Waals surface area (Å²) in [6, 6.07) is 1.80. The number of hydrogen-bond donors (Lipinski definition) is 2. The number of thiocarbonyl (C=S) groups is 1. The van der Waals surface area contributed by atoms with Crippen LogP contribution in [0.1, 0.15) is 18.9 Å². The van der Waals surface area contributed by atoms with Gasteiger partial charge in [-0.3, -0.25) is 4.98 Å². The van der Waals surface area contributed by atoms with E-state index in [1.54, 1.807) is 18.5 Å². The highest BCUT2D eigenvalue weighted by Gasteiger charge is 2.11. The smallest absolute Gasteiger partial charge is 0.106 e. The Kier molecular flexibility index (Phi) is 5.14. The zero-order valence-electron chi connectivity index (χ0n) is 9.39. The van der Waals surface area contributed by atoms with Crippen molar-refractivity contribution in [2.24, 2.45) is 5.73 Å². The van der Waals surface area contributed by atoms with Crippen LogP contribution in [0.5, 0.6) is 0 Å². The van der Waals surface area contributed by atoms with Crippen LogP contribution in [0.3, 0.4) is 0 Å². The molecular formula is C11H17N3OS. The fourth-order valence-corrected chi connectivity index (χ4v) is 1.76. The van der Waals surface area contributed by atoms with Gasteiger partial charge in [-0.05, 0) is 12.5 Å². The lowest BCUT2D eigenvalue weighted by Crippen LogP contribution is -2.30. The highest BCUT2D eigenvalue weighted by molar-refractivity contribution is 7.80. The van der Waals surface area contributed by atoms with Crippen molar-refractivity contribution in [3.8, 4) is 0 Å². The van der Waals surface area contributed by atoms with Gasteiger partial charge in [0.2, 0.25) is 0 Å². The van der Waals surface area contributed by atoms with E-state index in [0.717, 1.165) is 24.2 Å². The first-order valence-corrected chi connectivity index (χ1v) is 5.71. The summed E-state index contributed by atoms with van der Waals surface area (Å²) in [7, 11) is 0. The molecule has 3 N–H and O–H groups in total. The zero-order chi connectivity index (χ0) is 12.0. The minimum absolute atomic E-state index is 0.103. The number of pyridine rings is 1. The van der Waals surface area contributed by atoms with Crippen LogP contribution < -0.4 is 10.6 Å². The Labute approximate surface area is 101 Å². The number of nitrogens with zero attached hydrogens (tertiary/aromatic N) is 2. The SMILES string of the molecule is CCCN(CCO)c1cnccc1C(N)=S. The number of aliphatic hydroxyl groups excluding tert-OH is 1. The van der Waals surface area contributed by atoms with Crippen molar-refractivity contribution in [2.45, 2.75) is 13.3 Å². The monoisotopic (exact) mass is 239 g/mol. The first kappa shape index (κ1) is 12.9. The predicted molar refractivity (Wildman–Crippen MR) is 69.7 cm³/mol. The standard InChI is InChI=1S/C11H17N3OS/c1-2-5-14(6-7-15)10-8-13-4-3-9(10)11(12)16/h3-4,8,15H,2,5-7H2,1H3,(H2,12,16). The van der Waals surface area contributed by atoms with Gasteiger partial charge in [0, 0.05) is 24.8 Å². The van der Waals surface area contributed by atoms with E-state index in [9.17, 15) is 0 Å². The Balaban J connectivity index is 3.02. The van der Waals surface area contributed by atoms with Crippen molar-refractivity contribution in [3.05, 3.63) is 24.0 Å². The Bertz CT molecular complexity index is 351. The summed E-state index contributed by atoms with van der Waals surface area (Å²) in [6.07, 6.45) is 4.40. The van der Waals surface area contributed by atoms with Crippen LogP contribution in [-0.2, 0) is 0 Å². The second-order valence-electron chi connectivity index (χ2n) is 3.47. The van der Waals surface area contributed by atoms with Gasteiger partial charge in [-0.25, -0.2) is 0 Å². The molecule has 0 aliphatic heterocycles. The Morgan fingerprint density at radius 3 is 2.88 bits per heavy atom. The zero-order valence-corrected chi connectivity index (χ0v) is 10.2. The van der Waals surface area contributed by atoms with Gasteiger partial charge >= 0.3 is 0 Å². The first-order valence-electron chi connectivity index (χ1n) is 5.30. The van der Waals surface area contributed by atoms with Gasteiger partial charge in [-0.1, -0.05) is 19.1 Å². The van der Waals surface area contributed by atoms with E-state index < -0.39 is 0 Å². The van der Waals surface area contributed by atoms with E-state index in [-0.39, 0.29) is 6.61 Å². The topological polar surface area (TPSA) is 62.4 Å². The Hall–Kier alpha value is -1.20. The number of aliphatic hydroxyl groups is 1. The van der Waals surface area contributed by atoms with E-state index in [2.05, 4.69) is 11.9 Å². The summed E-state index contributed by atoms with van der Waals surface area (Å²) >= 11 is 5.00. The van der Waals surface area contributed by atoms with Crippen LogP contribution in [0.4, 0.5) is 5.69 Å². The van der Waals surface area contributed by atoms with Gasteiger partial charge in [0.1, 0.15) is 4.99 Å². The third-order valence-corrected chi connectivity index (χ3v) is 2.49. The van der Waals surface area contributed by atoms with E-state index >= 15 is 0 Å². The molecule has 0 spiro atoms. The van der Waals surface area contributed by atoms with E-state index in [1.165, 1.54) is 0 Å². The third-order valence-electron chi connectivity index (χ3n) is 2.27. The maximum absolute atomic E-state index is 9.03. The van der Waals surface area contributed by atoms with Crippen LogP contribution in [-0.4, -0.2) is 34.8 Å². The molecule has 0 saturated heterocycles. The third kappa shape index (κ3) is 3.15. The number of anilines is 1. The fraction of sp³-hybridized carbons (Fsp3) is 0.455. The van der Waals surface area contributed by atoms with E-state index in [4.69, 9.17) is 23.1 Å². The molecular weight excluding hydrogens is 222 g/mol. The molecule has 88 valence electrons. The molecule has 1 aromatic rings. The van der Waals surface area contributed by atoms with Crippen LogP contribution in [0.2, 0.25) is 0 Å². The summed E-state index contributed by atoms with van der Waals surface area (Å²) in [5.41, 5.74) is 7.37. The Morgan fingerprint density at radius 1 is 1.56 bits per heavy atom. The van der Waals surface area contributed by atoms with Crippen LogP contribution in [0, 0.1) is 0 Å². The highest BCUT2D eigenvalue weighted by atomic mass is 32.1. The lowest BCUT2D eigenvalue weighted by molar-refractivity contribution is 0.302. The van der Waals surface area contributed by atoms with Gasteiger partial charge < -0.3 is 15.7 Å². The second-order valence-corrected chi connectivity index (χ2v) is 3.91. The van der Waals surface area contributed by atoms with Crippen molar-refractivity contribution in [1.82, 2.24) is 4.98 Å². The minimum atomic E-state index is 0.103. The van der Waals surface area contributed by atoms with Gasteiger partial charge in [0.25, 0.3) is 0 Å². The van der Waals surface area contributed by atoms with Crippen molar-refractivity contribution < 1.29 is 5.11 Å². The van der Waals surface area contributed by atoms with E-state index in [0.29, 0.717) is 11.5 Å². The summed E-state index contributed by atoms with van der Waals surface area (Å²) < 4.78 is 0. The normalized spacial score (nSPS) is 10.1. The van der Waals surface area contributed by atoms with Gasteiger partial charge in [0.15, 0.2) is 0 Å². The molecule has 0 atom stereocenters. The maximum Gasteiger partial charge on any atom is 0.106 e. The van der Waals surface area contributed by atoms with Gasteiger partial charge in [-0.2, -0.15) is 0 Å². The Morgan fingerprint density at radius 2 is 2.31 bits per heavy atom. The molecule has 1 rings (SSSR count). The molecule has 0 aliphatic carbocycles. The number of hydrogen-bond acceptors (Lipinski definition) is 4. The minimum Gasteiger partial charge on any atom is -0.395 e. The molecule has 0 bridgehead atoms. The predicted octanol–water partition coefficient (Wildman–Crippen LogP) is 0.925. The molecule has 4 nitrogen and oxygen atoms in total. The molecule has 16 heavy (non-hydrogen) atoms. The molecule has 1 heterocycles. The molecule has 5 heteroatoms. The number of aromatic nitrogens is 1. The first-order chi connectivity index (χ1) is 7.70. The fourth-order valence-electron chi connectivity index (χ4n) is 1.59. The molecule has 0 aliphatic rings. The average Bonchev–Trinajstić information content (AvgIpc) is 2.29. The highest BCUT2D eigenvalue weighted by Crippen LogP contribution is 2.19. The van der Waals surface area contributed by atoms with Crippen LogP contribution >= 0.6 is 12.2 Å². The van der Waals surface area contributed by atoms with Crippen LogP contribution in [0.15, 0.2) is 18.5 Å². The molecule has 0 radical (unpaired) electrons. The van der Waals surface area contributed by atoms with Crippen LogP contribution in [0.25, 0.3) is 0 Å². The molecule has 0 fully saturated rings. The van der Waals surface area contributed by atoms with Crippen molar-refractivity contribution >= 4 is 22.9 Å². The van der Waals surface area contributed by atoms with Gasteiger partial charge in [-0.15, -0.1) is 0 Å². The quantitative estimate of drug-likeness (QED) is 0.723. The van der Waals surface area contributed by atoms with Gasteiger partial charge in [0.05, 0.1) is 18.5 Å². The number of nitrogens with two attached hydrogens (primary N) is 1. The summed E-state index contributed by atoms with van der Waals surface area (Å²) in [5.74, 6) is 0. The van der Waals surface area contributed by atoms with E-state index in [1.807, 2.05) is 4.90 Å². The summed E-state index contributed by atoms with van der Waals surface area (Å²) in [5, 5.41) is 9.03. The second kappa shape index (κ2) is 6.40. The number of rotatable bonds is 6.